The number of hydrogen-bond acceptors (Lipinski definition) is 14. The zero-order valence-corrected chi connectivity index (χ0v) is 42.0. The van der Waals surface area contributed by atoms with E-state index in [1.807, 2.05) is 19.0 Å². The van der Waals surface area contributed by atoms with E-state index in [1.165, 1.54) is 23.0 Å². The summed E-state index contributed by atoms with van der Waals surface area (Å²) < 4.78 is 44.9. The van der Waals surface area contributed by atoms with Crippen LogP contribution < -0.4 is 26.8 Å². The van der Waals surface area contributed by atoms with Gasteiger partial charge in [0, 0.05) is 60.6 Å². The van der Waals surface area contributed by atoms with Crippen molar-refractivity contribution < 1.29 is 46.6 Å². The number of aryl methyl sites for hydroxylation is 2. The minimum absolute atomic E-state index is 0.0191. The number of sulfone groups is 1. The summed E-state index contributed by atoms with van der Waals surface area (Å²) in [7, 11) is 0.320. The van der Waals surface area contributed by atoms with E-state index < -0.39 is 62.6 Å². The van der Waals surface area contributed by atoms with Crippen LogP contribution in [0.3, 0.4) is 0 Å². The molecule has 71 heavy (non-hydrogen) atoms. The fraction of sp³-hybridized carbons (Fsp3) is 0.500. The quantitative estimate of drug-likeness (QED) is 0.0306. The normalized spacial score (nSPS) is 15.7. The molecule has 19 nitrogen and oxygen atoms in total. The van der Waals surface area contributed by atoms with E-state index in [0.717, 1.165) is 30.3 Å². The Bertz CT molecular complexity index is 2950. The molecule has 4 amide bonds. The van der Waals surface area contributed by atoms with Gasteiger partial charge < -0.3 is 40.6 Å². The molecule has 3 atom stereocenters. The molecule has 2 aliphatic rings. The Balaban J connectivity index is 1.05. The molecule has 0 unspecified atom stereocenters. The second-order valence-corrected chi connectivity index (χ2v) is 20.6. The second kappa shape index (κ2) is 23.1. The number of benzene rings is 1. The Morgan fingerprint density at radius 1 is 0.986 bits per heavy atom. The lowest BCUT2D eigenvalue weighted by atomic mass is 9.86. The number of rotatable bonds is 21. The third-order valence-electron chi connectivity index (χ3n) is 12.6. The number of aliphatic hydroxyl groups is 1. The van der Waals surface area contributed by atoms with Gasteiger partial charge in [0.15, 0.2) is 5.60 Å². The van der Waals surface area contributed by atoms with Crippen LogP contribution in [0.4, 0.5) is 4.39 Å². The maximum absolute atomic E-state index is 15.0. The van der Waals surface area contributed by atoms with Gasteiger partial charge in [0.25, 0.3) is 5.56 Å². The van der Waals surface area contributed by atoms with E-state index in [4.69, 9.17) is 9.72 Å². The summed E-state index contributed by atoms with van der Waals surface area (Å²) in [4.78, 5) is 94.4. The summed E-state index contributed by atoms with van der Waals surface area (Å²) in [5.74, 6) is 2.14. The summed E-state index contributed by atoms with van der Waals surface area (Å²) in [5, 5.41) is 22.8. The van der Waals surface area contributed by atoms with Crippen LogP contribution in [0.25, 0.3) is 22.3 Å². The monoisotopic (exact) mass is 999 g/mol. The molecule has 0 fully saturated rings. The van der Waals surface area contributed by atoms with Gasteiger partial charge in [0.05, 0.1) is 41.1 Å². The first-order valence-electron chi connectivity index (χ1n) is 23.7. The summed E-state index contributed by atoms with van der Waals surface area (Å²) in [6, 6.07) is 2.69. The largest absolute Gasteiger partial charge is 0.458 e. The number of amides is 4. The van der Waals surface area contributed by atoms with Crippen LogP contribution in [0.1, 0.15) is 106 Å². The number of carbonyl (C=O) groups excluding carboxylic acids is 5. The van der Waals surface area contributed by atoms with Gasteiger partial charge in [-0.25, -0.2) is 32.6 Å². The van der Waals surface area contributed by atoms with Crippen molar-refractivity contribution in [3.8, 4) is 23.2 Å². The van der Waals surface area contributed by atoms with Crippen LogP contribution in [0.5, 0.6) is 0 Å². The van der Waals surface area contributed by atoms with Gasteiger partial charge in [-0.1, -0.05) is 32.6 Å². The van der Waals surface area contributed by atoms with Crippen LogP contribution in [-0.2, 0) is 63.7 Å². The molecule has 0 saturated heterocycles. The molecule has 5 heterocycles. The highest BCUT2D eigenvalue weighted by Crippen LogP contribution is 2.41. The van der Waals surface area contributed by atoms with Gasteiger partial charge in [0.1, 0.15) is 24.5 Å². The summed E-state index contributed by atoms with van der Waals surface area (Å²) >= 11 is 0. The number of esters is 1. The van der Waals surface area contributed by atoms with Gasteiger partial charge in [-0.3, -0.25) is 24.0 Å². The van der Waals surface area contributed by atoms with Crippen molar-refractivity contribution in [3.05, 3.63) is 80.1 Å². The number of unbranched alkanes of at least 4 members (excludes halogenated alkanes) is 2. The van der Waals surface area contributed by atoms with Crippen molar-refractivity contribution in [1.82, 2.24) is 45.7 Å². The average Bonchev–Trinajstić information content (AvgIpc) is 3.69. The molecule has 5 N–H and O–H groups in total. The van der Waals surface area contributed by atoms with Crippen LogP contribution in [-0.4, -0.2) is 120 Å². The Morgan fingerprint density at radius 3 is 2.39 bits per heavy atom. The molecular weight excluding hydrogens is 938 g/mol. The van der Waals surface area contributed by atoms with Crippen molar-refractivity contribution in [2.45, 2.75) is 121 Å². The molecule has 0 bridgehead atoms. The van der Waals surface area contributed by atoms with E-state index in [2.05, 4.69) is 43.1 Å². The number of nitrogens with one attached hydrogen (secondary N) is 4. The Morgan fingerprint density at radius 2 is 1.72 bits per heavy atom. The van der Waals surface area contributed by atoms with Gasteiger partial charge >= 0.3 is 5.97 Å². The Labute approximate surface area is 412 Å². The fourth-order valence-corrected chi connectivity index (χ4v) is 9.07. The van der Waals surface area contributed by atoms with E-state index in [0.29, 0.717) is 65.5 Å². The molecule has 0 spiro atoms. The maximum atomic E-state index is 15.0. The summed E-state index contributed by atoms with van der Waals surface area (Å²) in [5.41, 5.74) is 1.43. The molecule has 2 aliphatic heterocycles. The van der Waals surface area contributed by atoms with Crippen LogP contribution >= 0.6 is 0 Å². The third-order valence-corrected chi connectivity index (χ3v) is 13.5. The van der Waals surface area contributed by atoms with Crippen LogP contribution in [0, 0.1) is 30.5 Å². The van der Waals surface area contributed by atoms with Crippen molar-refractivity contribution >= 4 is 50.3 Å². The molecule has 1 aromatic carbocycles. The fourth-order valence-electron chi connectivity index (χ4n) is 8.58. The van der Waals surface area contributed by atoms with E-state index >= 15 is 0 Å². The number of carbonyl (C=O) groups is 5. The molecular formula is C50H62FN9O10S. The number of fused-ring (bicyclic) bond motifs is 5. The van der Waals surface area contributed by atoms with Crippen molar-refractivity contribution in [3.63, 3.8) is 0 Å². The first kappa shape index (κ1) is 53.7. The average molecular weight is 1000 g/mol. The Hall–Kier alpha value is -6.63. The summed E-state index contributed by atoms with van der Waals surface area (Å²) in [6.45, 7) is 7.25. The first-order chi connectivity index (χ1) is 33.6. The Kier molecular flexibility index (Phi) is 17.5. The number of aromatic nitrogens is 4. The number of halogens is 1. The minimum Gasteiger partial charge on any atom is -0.458 e. The van der Waals surface area contributed by atoms with Crippen LogP contribution in [0.15, 0.2) is 40.5 Å². The van der Waals surface area contributed by atoms with Gasteiger partial charge in [0.2, 0.25) is 38.6 Å². The molecule has 21 heteroatoms. The minimum atomic E-state index is -3.54. The van der Waals surface area contributed by atoms with Crippen molar-refractivity contribution in [1.29, 1.82) is 0 Å². The van der Waals surface area contributed by atoms with E-state index in [1.54, 1.807) is 39.8 Å². The van der Waals surface area contributed by atoms with Gasteiger partial charge in [-0.15, -0.1) is 0 Å². The number of nitrogens with zero attached hydrogens (tertiary/aromatic N) is 5. The highest BCUT2D eigenvalue weighted by molar-refractivity contribution is 7.90. The number of hydrogen-bond donors (Lipinski definition) is 5. The van der Waals surface area contributed by atoms with Gasteiger partial charge in [-0.2, -0.15) is 0 Å². The standard InChI is InChI=1S/C50H62FN9O10S/c1-8-50(67)36-22-40-44-34(27-60(40)47(65)35(36)28-70-48(50)66)32(33-21-30(4)37(51)23-39(33)56-44)16-14-19-52-42(62)26-53-45(63)38(17-12-13-20-59(5)6)57-46(64)43(29(2)3)58-41(61)18-11-9-10-15-31-24-54-49(55-25-31)71(7,68)69/h21-25,29,38,43,67H,8-9,11-14,16-20,26-28H2,1-7H3,(H,52,62)(H,53,63)(H,57,64)(H,58,61)/t38-,43-,50-/m0/s1. The molecule has 380 valence electrons. The number of pyridine rings is 2. The maximum Gasteiger partial charge on any atom is 0.343 e. The molecule has 4 aromatic rings. The predicted molar refractivity (Wildman–Crippen MR) is 261 cm³/mol. The topological polar surface area (TPSA) is 261 Å². The van der Waals surface area contributed by atoms with Gasteiger partial charge in [-0.05, 0) is 102 Å². The molecule has 0 aliphatic carbocycles. The molecule has 0 saturated carbocycles. The van der Waals surface area contributed by atoms with E-state index in [-0.39, 0.29) is 73.6 Å². The highest BCUT2D eigenvalue weighted by atomic mass is 32.2. The second-order valence-electron chi connectivity index (χ2n) is 18.6. The van der Waals surface area contributed by atoms with E-state index in [9.17, 15) is 46.7 Å². The lowest BCUT2D eigenvalue weighted by molar-refractivity contribution is -0.172. The summed E-state index contributed by atoms with van der Waals surface area (Å²) in [6.07, 6.45) is 6.81. The zero-order valence-electron chi connectivity index (χ0n) is 41.2. The SMILES string of the molecule is CC[C@@]1(O)C(=O)OCc2c1cc1n(c2=O)Cc2c-1nc1cc(F)c(C)cc1c2CCCNC(=O)CNC(=O)[C@H](CCCCN(C)C)NC(=O)[C@@H](NC(=O)CCCC#Cc1cnc(S(C)(=O)=O)nc1)C(C)C. The highest BCUT2D eigenvalue weighted by Gasteiger charge is 2.45. The number of ether oxygens (including phenoxy) is 1. The van der Waals surface area contributed by atoms with Crippen molar-refractivity contribution in [2.24, 2.45) is 5.92 Å². The first-order valence-corrected chi connectivity index (χ1v) is 25.6. The molecule has 6 rings (SSSR count). The zero-order chi connectivity index (χ0) is 51.8. The third kappa shape index (κ3) is 12.8. The lowest BCUT2D eigenvalue weighted by Gasteiger charge is -2.31. The number of cyclic esters (lactones) is 1. The van der Waals surface area contributed by atoms with Crippen molar-refractivity contribution in [2.75, 3.05) is 40.0 Å². The molecule has 3 aromatic heterocycles. The molecule has 0 radical (unpaired) electrons. The predicted octanol–water partition coefficient (Wildman–Crippen LogP) is 2.47. The smallest absolute Gasteiger partial charge is 0.343 e. The lowest BCUT2D eigenvalue weighted by Crippen LogP contribution is -2.56. The van der Waals surface area contributed by atoms with Crippen LogP contribution in [0.2, 0.25) is 0 Å².